The van der Waals surface area contributed by atoms with Crippen molar-refractivity contribution in [1.29, 1.82) is 0 Å². The third-order valence-electron chi connectivity index (χ3n) is 5.60. The molecule has 25 heavy (non-hydrogen) atoms. The number of hydrogen-bond acceptors (Lipinski definition) is 3. The molecule has 6 heteroatoms. The average Bonchev–Trinajstić information content (AvgIpc) is 3.30. The van der Waals surface area contributed by atoms with E-state index in [1.165, 1.54) is 0 Å². The highest BCUT2D eigenvalue weighted by Gasteiger charge is 2.49. The van der Waals surface area contributed by atoms with Gasteiger partial charge < -0.3 is 10.0 Å². The van der Waals surface area contributed by atoms with Crippen LogP contribution in [0.15, 0.2) is 36.7 Å². The molecule has 0 bridgehead atoms. The molecule has 4 rings (SSSR count). The number of carbonyl (C=O) groups excluding carboxylic acids is 1. The Balaban J connectivity index is 1.62. The third kappa shape index (κ3) is 2.62. The Morgan fingerprint density at radius 2 is 2.12 bits per heavy atom. The second-order valence-corrected chi connectivity index (χ2v) is 7.05. The van der Waals surface area contributed by atoms with E-state index in [0.717, 1.165) is 30.5 Å². The maximum atomic E-state index is 13.0. The lowest BCUT2D eigenvalue weighted by atomic mass is 9.94. The monoisotopic (exact) mass is 339 g/mol. The largest absolute Gasteiger partial charge is 0.480 e. The van der Waals surface area contributed by atoms with Gasteiger partial charge in [0.15, 0.2) is 0 Å². The van der Waals surface area contributed by atoms with Gasteiger partial charge in [0.25, 0.3) is 5.91 Å². The Bertz CT molecular complexity index is 815. The molecule has 6 nitrogen and oxygen atoms in total. The smallest absolute Gasteiger partial charge is 0.326 e. The predicted octanol–water partition coefficient (Wildman–Crippen LogP) is 2.51. The first-order valence-corrected chi connectivity index (χ1v) is 8.70. The Labute approximate surface area is 146 Å². The number of likely N-dealkylation sites (tertiary alicyclic amines) is 1. The summed E-state index contributed by atoms with van der Waals surface area (Å²) in [7, 11) is 0. The highest BCUT2D eigenvalue weighted by Crippen LogP contribution is 2.42. The van der Waals surface area contributed by atoms with Crippen LogP contribution < -0.4 is 0 Å². The van der Waals surface area contributed by atoms with Gasteiger partial charge in [-0.25, -0.2) is 9.48 Å². The van der Waals surface area contributed by atoms with Crippen molar-refractivity contribution < 1.29 is 14.7 Å². The van der Waals surface area contributed by atoms with Gasteiger partial charge in [0.05, 0.1) is 5.69 Å². The van der Waals surface area contributed by atoms with Crippen molar-refractivity contribution in [3.05, 3.63) is 47.8 Å². The van der Waals surface area contributed by atoms with Crippen LogP contribution in [-0.2, 0) is 4.79 Å². The minimum Gasteiger partial charge on any atom is -0.480 e. The van der Waals surface area contributed by atoms with Crippen molar-refractivity contribution in [2.24, 2.45) is 11.8 Å². The molecular weight excluding hydrogens is 318 g/mol. The molecule has 2 aliphatic rings. The van der Waals surface area contributed by atoms with E-state index in [9.17, 15) is 14.7 Å². The molecule has 130 valence electrons. The van der Waals surface area contributed by atoms with E-state index in [1.54, 1.807) is 21.8 Å². The van der Waals surface area contributed by atoms with E-state index in [1.807, 2.05) is 31.3 Å². The van der Waals surface area contributed by atoms with Gasteiger partial charge in [-0.3, -0.25) is 4.79 Å². The summed E-state index contributed by atoms with van der Waals surface area (Å²) in [6, 6.07) is 6.61. The van der Waals surface area contributed by atoms with Crippen molar-refractivity contribution in [2.75, 3.05) is 6.54 Å². The van der Waals surface area contributed by atoms with E-state index in [2.05, 4.69) is 5.10 Å². The number of aromatic nitrogens is 2. The van der Waals surface area contributed by atoms with E-state index in [4.69, 9.17) is 0 Å². The molecule has 1 saturated carbocycles. The van der Waals surface area contributed by atoms with Crippen molar-refractivity contribution >= 4 is 11.9 Å². The molecule has 2 aromatic rings. The highest BCUT2D eigenvalue weighted by molar-refractivity contribution is 5.97. The number of aliphatic carboxylic acids is 1. The summed E-state index contributed by atoms with van der Waals surface area (Å²) in [4.78, 5) is 26.3. The predicted molar refractivity (Wildman–Crippen MR) is 91.6 cm³/mol. The first-order valence-electron chi connectivity index (χ1n) is 8.70. The maximum absolute atomic E-state index is 13.0. The zero-order valence-electron chi connectivity index (χ0n) is 14.1. The molecule has 1 aromatic heterocycles. The van der Waals surface area contributed by atoms with Crippen LogP contribution in [0.5, 0.6) is 0 Å². The number of benzene rings is 1. The molecule has 3 atom stereocenters. The van der Waals surface area contributed by atoms with E-state index >= 15 is 0 Å². The highest BCUT2D eigenvalue weighted by atomic mass is 16.4. The fraction of sp³-hybridized carbons (Fsp3) is 0.421. The normalized spacial score (nSPS) is 25.2. The van der Waals surface area contributed by atoms with Crippen LogP contribution in [0.1, 0.15) is 35.2 Å². The Hall–Kier alpha value is -2.63. The fourth-order valence-electron chi connectivity index (χ4n) is 4.45. The molecule has 1 aromatic carbocycles. The molecule has 0 radical (unpaired) electrons. The van der Waals surface area contributed by atoms with Gasteiger partial charge in [0, 0.05) is 24.5 Å². The molecule has 0 spiro atoms. The number of carboxylic acids is 1. The lowest BCUT2D eigenvalue weighted by Crippen LogP contribution is -2.43. The van der Waals surface area contributed by atoms with Crippen LogP contribution in [0, 0.1) is 18.8 Å². The van der Waals surface area contributed by atoms with Gasteiger partial charge >= 0.3 is 5.97 Å². The molecule has 1 N–H and O–H groups in total. The second kappa shape index (κ2) is 6.02. The van der Waals surface area contributed by atoms with Crippen LogP contribution >= 0.6 is 0 Å². The summed E-state index contributed by atoms with van der Waals surface area (Å²) in [6.45, 7) is 2.49. The minimum absolute atomic E-state index is 0.103. The van der Waals surface area contributed by atoms with E-state index in [-0.39, 0.29) is 11.8 Å². The van der Waals surface area contributed by atoms with Crippen LogP contribution in [0.2, 0.25) is 0 Å². The zero-order valence-corrected chi connectivity index (χ0v) is 14.1. The molecule has 1 aliphatic carbocycles. The van der Waals surface area contributed by atoms with Gasteiger partial charge in [-0.15, -0.1) is 0 Å². The Kier molecular flexibility index (Phi) is 3.82. The van der Waals surface area contributed by atoms with E-state index < -0.39 is 12.0 Å². The maximum Gasteiger partial charge on any atom is 0.326 e. The Morgan fingerprint density at radius 3 is 2.80 bits per heavy atom. The first kappa shape index (κ1) is 15.9. The summed E-state index contributed by atoms with van der Waals surface area (Å²) in [5, 5.41) is 13.9. The summed E-state index contributed by atoms with van der Waals surface area (Å²) in [5.41, 5.74) is 2.38. The van der Waals surface area contributed by atoms with Crippen molar-refractivity contribution in [3.63, 3.8) is 0 Å². The molecule has 2 fully saturated rings. The van der Waals surface area contributed by atoms with Gasteiger partial charge in [-0.1, -0.05) is 6.42 Å². The van der Waals surface area contributed by atoms with Gasteiger partial charge in [0.1, 0.15) is 6.04 Å². The summed E-state index contributed by atoms with van der Waals surface area (Å²) in [6.07, 6.45) is 6.56. The third-order valence-corrected chi connectivity index (χ3v) is 5.60. The van der Waals surface area contributed by atoms with Gasteiger partial charge in [-0.2, -0.15) is 5.10 Å². The summed E-state index contributed by atoms with van der Waals surface area (Å²) < 4.78 is 1.75. The standard InChI is InChI=1S/C19H21N3O3/c1-12-10-13(6-7-16(12)22-9-3-8-20-22)18(23)21-11-14-4-2-5-15(14)17(21)19(24)25/h3,6-10,14-15,17H,2,4-5,11H2,1H3,(H,24,25)/t14-,15-,17+/m0/s1. The number of carbonyl (C=O) groups is 2. The van der Waals surface area contributed by atoms with E-state index in [0.29, 0.717) is 18.0 Å². The van der Waals surface area contributed by atoms with Crippen molar-refractivity contribution in [1.82, 2.24) is 14.7 Å². The zero-order chi connectivity index (χ0) is 17.6. The van der Waals surface area contributed by atoms with Gasteiger partial charge in [-0.05, 0) is 61.4 Å². The van der Waals surface area contributed by atoms with Crippen molar-refractivity contribution in [2.45, 2.75) is 32.2 Å². The number of fused-ring (bicyclic) bond motifs is 1. The van der Waals surface area contributed by atoms with Crippen LogP contribution in [0.3, 0.4) is 0 Å². The molecule has 1 saturated heterocycles. The lowest BCUT2D eigenvalue weighted by Gasteiger charge is -2.24. The average molecular weight is 339 g/mol. The topological polar surface area (TPSA) is 75.4 Å². The SMILES string of the molecule is Cc1cc(C(=O)N2C[C@@H]3CCC[C@@H]3[C@@H]2C(=O)O)ccc1-n1cccn1. The summed E-state index contributed by atoms with van der Waals surface area (Å²) >= 11 is 0. The van der Waals surface area contributed by atoms with Crippen molar-refractivity contribution in [3.8, 4) is 5.69 Å². The molecule has 0 unspecified atom stereocenters. The molecule has 2 heterocycles. The fourth-order valence-corrected chi connectivity index (χ4v) is 4.45. The summed E-state index contributed by atoms with van der Waals surface area (Å²) in [5.74, 6) is -0.634. The van der Waals surface area contributed by atoms with Crippen LogP contribution in [-0.4, -0.2) is 44.3 Å². The van der Waals surface area contributed by atoms with Crippen LogP contribution in [0.25, 0.3) is 5.69 Å². The molecular formula is C19H21N3O3. The number of rotatable bonds is 3. The molecule has 1 amide bonds. The first-order chi connectivity index (χ1) is 12.1. The van der Waals surface area contributed by atoms with Gasteiger partial charge in [0.2, 0.25) is 0 Å². The number of amides is 1. The Morgan fingerprint density at radius 1 is 1.28 bits per heavy atom. The van der Waals surface area contributed by atoms with Crippen LogP contribution in [0.4, 0.5) is 0 Å². The number of aryl methyl sites for hydroxylation is 1. The quantitative estimate of drug-likeness (QED) is 0.932. The lowest BCUT2D eigenvalue weighted by molar-refractivity contribution is -0.142. The number of carboxylic acid groups (broad SMARTS) is 1. The number of hydrogen-bond donors (Lipinski definition) is 1. The number of nitrogens with zero attached hydrogens (tertiary/aromatic N) is 3. The second-order valence-electron chi connectivity index (χ2n) is 7.05. The molecule has 1 aliphatic heterocycles. The minimum atomic E-state index is -0.882.